The van der Waals surface area contributed by atoms with Crippen LogP contribution in [-0.2, 0) is 41.8 Å². The van der Waals surface area contributed by atoms with Crippen LogP contribution in [0.25, 0.3) is 0 Å². The Morgan fingerprint density at radius 2 is 0.815 bits per heavy atom. The van der Waals surface area contributed by atoms with Crippen molar-refractivity contribution >= 4 is 23.5 Å². The molecule has 1 aliphatic carbocycles. The third-order valence-corrected chi connectivity index (χ3v) is 4.79. The molecule has 1 rings (SSSR count). The van der Waals surface area contributed by atoms with Crippen molar-refractivity contribution in [3.8, 4) is 0 Å². The van der Waals surface area contributed by atoms with Crippen molar-refractivity contribution in [1.82, 2.24) is 0 Å². The lowest BCUT2D eigenvalue weighted by atomic mass is 9.85. The second-order valence-electron chi connectivity index (χ2n) is 5.02. The van der Waals surface area contributed by atoms with Crippen molar-refractivity contribution in [3.05, 3.63) is 0 Å². The van der Waals surface area contributed by atoms with Crippen LogP contribution in [0, 0.1) is 0 Å². The number of hydrogen-bond acceptors (Lipinski definition) is 11. The maximum absolute atomic E-state index is 11.2. The molecule has 0 saturated heterocycles. The van der Waals surface area contributed by atoms with Crippen LogP contribution in [0.3, 0.4) is 0 Å². The fourth-order valence-electron chi connectivity index (χ4n) is 2.47. The van der Waals surface area contributed by atoms with Gasteiger partial charge in [-0.3, -0.25) is 24.1 Å². The van der Waals surface area contributed by atoms with Gasteiger partial charge in [0.05, 0.1) is 0 Å². The summed E-state index contributed by atoms with van der Waals surface area (Å²) in [6, 6.07) is 0. The lowest BCUT2D eigenvalue weighted by Crippen LogP contribution is -2.66. The maximum atomic E-state index is 11.2. The average molecular weight is 466 g/mol. The third-order valence-electron chi connectivity index (χ3n) is 3.24. The smallest absolute Gasteiger partial charge is 0.376 e. The lowest BCUT2D eigenvalue weighted by molar-refractivity contribution is -0.398. The normalized spacial score (nSPS) is 33.2. The van der Waals surface area contributed by atoms with Crippen LogP contribution >= 0.6 is 23.5 Å². The average Bonchev–Trinajstić information content (AvgIpc) is 2.45. The first-order chi connectivity index (χ1) is 12.1. The minimum Gasteiger partial charge on any atom is -0.376 e. The summed E-state index contributed by atoms with van der Waals surface area (Å²) < 4.78 is 51.2. The summed E-state index contributed by atoms with van der Waals surface area (Å²) in [5, 5.41) is 18.0. The van der Waals surface area contributed by atoms with Crippen molar-refractivity contribution in [2.75, 3.05) is 7.11 Å². The summed E-state index contributed by atoms with van der Waals surface area (Å²) in [6.45, 7) is 0. The largest absolute Gasteiger partial charge is 0.470 e. The highest BCUT2D eigenvalue weighted by molar-refractivity contribution is 7.46. The summed E-state index contributed by atoms with van der Waals surface area (Å²) >= 11 is 0. The lowest BCUT2D eigenvalue weighted by Gasteiger charge is -2.46. The van der Waals surface area contributed by atoms with Gasteiger partial charge in [0, 0.05) is 7.11 Å². The molecule has 27 heavy (non-hydrogen) atoms. The predicted molar refractivity (Wildman–Crippen MR) is 76.6 cm³/mol. The van der Waals surface area contributed by atoms with Gasteiger partial charge in [0.15, 0.2) is 12.2 Å². The van der Waals surface area contributed by atoms with Gasteiger partial charge < -0.3 is 34.1 Å². The number of methoxy groups -OCH3 is 1. The second kappa shape index (κ2) is 9.30. The highest BCUT2D eigenvalue weighted by Crippen LogP contribution is 2.50. The molecule has 1 fully saturated rings. The van der Waals surface area contributed by atoms with E-state index in [1.165, 1.54) is 0 Å². The Labute approximate surface area is 149 Å². The van der Waals surface area contributed by atoms with Crippen LogP contribution in [0.15, 0.2) is 0 Å². The molecule has 0 amide bonds. The maximum Gasteiger partial charge on any atom is 0.470 e. The highest BCUT2D eigenvalue weighted by Gasteiger charge is 2.59. The fraction of sp³-hybridized carbons (Fsp3) is 1.00. The van der Waals surface area contributed by atoms with E-state index in [9.17, 15) is 13.7 Å². The molecule has 0 aromatic heterocycles. The van der Waals surface area contributed by atoms with E-state index in [-0.39, 0.29) is 0 Å². The van der Waals surface area contributed by atoms with Gasteiger partial charge in [0.1, 0.15) is 24.4 Å². The Bertz CT molecular complexity index is 620. The third kappa shape index (κ3) is 7.47. The Hall–Kier alpha value is 0.130. The van der Waals surface area contributed by atoms with Crippen LogP contribution in [0.5, 0.6) is 0 Å². The second-order valence-corrected chi connectivity index (χ2v) is 8.60. The van der Waals surface area contributed by atoms with E-state index in [4.69, 9.17) is 44.6 Å². The predicted octanol–water partition coefficient (Wildman–Crippen LogP) is -1.83. The van der Waals surface area contributed by atoms with Gasteiger partial charge in [-0.2, -0.15) is 0 Å². The summed E-state index contributed by atoms with van der Waals surface area (Å²) in [7, 11) is -15.4. The molecule has 1 aliphatic rings. The first-order valence-electron chi connectivity index (χ1n) is 6.48. The number of phosphoric acid groups is 3. The van der Waals surface area contributed by atoms with Crippen LogP contribution < -0.4 is 0 Å². The molecule has 6 atom stereocenters. The van der Waals surface area contributed by atoms with Gasteiger partial charge in [-0.15, -0.1) is 0 Å². The Morgan fingerprint density at radius 1 is 0.556 bits per heavy atom. The molecule has 17 nitrogen and oxygen atoms in total. The van der Waals surface area contributed by atoms with E-state index in [0.717, 1.165) is 7.11 Å². The molecule has 0 radical (unpaired) electrons. The van der Waals surface area contributed by atoms with E-state index in [1.807, 2.05) is 0 Å². The van der Waals surface area contributed by atoms with Crippen molar-refractivity contribution in [2.45, 2.75) is 36.6 Å². The SMILES string of the molecule is COC1C(OP(=O)(O)O)[C@H](OO)[C@H](OO)C(OP(=O)(O)O)[C@@H]1OP(=O)(O)O. The van der Waals surface area contributed by atoms with Crippen LogP contribution in [-0.4, -0.2) is 83.6 Å². The Kier molecular flexibility index (Phi) is 8.67. The zero-order chi connectivity index (χ0) is 21.2. The molecule has 0 aliphatic heterocycles. The van der Waals surface area contributed by atoms with E-state index in [2.05, 4.69) is 23.3 Å². The molecular weight excluding hydrogens is 449 g/mol. The quantitative estimate of drug-likeness (QED) is 0.105. The van der Waals surface area contributed by atoms with Gasteiger partial charge in [-0.1, -0.05) is 0 Å². The number of phosphoric ester groups is 3. The highest BCUT2D eigenvalue weighted by atomic mass is 31.2. The zero-order valence-corrected chi connectivity index (χ0v) is 15.7. The molecule has 0 aromatic rings. The van der Waals surface area contributed by atoms with Crippen molar-refractivity contribution in [1.29, 1.82) is 0 Å². The minimum atomic E-state index is -5.43. The molecule has 3 unspecified atom stereocenters. The number of hydrogen-bond donors (Lipinski definition) is 8. The van der Waals surface area contributed by atoms with Crippen LogP contribution in [0.4, 0.5) is 0 Å². The van der Waals surface area contributed by atoms with Gasteiger partial charge in [-0.25, -0.2) is 23.5 Å². The number of ether oxygens (including phenoxy) is 1. The molecule has 8 N–H and O–H groups in total. The minimum absolute atomic E-state index is 0.833. The zero-order valence-electron chi connectivity index (χ0n) is 13.1. The van der Waals surface area contributed by atoms with E-state index >= 15 is 0 Å². The molecular formula is C7H17O17P3. The Morgan fingerprint density at radius 3 is 1.04 bits per heavy atom. The first kappa shape index (κ1) is 25.2. The van der Waals surface area contributed by atoms with E-state index < -0.39 is 60.1 Å². The van der Waals surface area contributed by atoms with Crippen LogP contribution in [0.2, 0.25) is 0 Å². The molecule has 1 saturated carbocycles. The van der Waals surface area contributed by atoms with E-state index in [1.54, 1.807) is 0 Å². The monoisotopic (exact) mass is 466 g/mol. The summed E-state index contributed by atoms with van der Waals surface area (Å²) in [5.74, 6) is 0. The van der Waals surface area contributed by atoms with Gasteiger partial charge >= 0.3 is 23.5 Å². The standard InChI is InChI=1S/C7H17O17P3/c1-19-2-5(22-25(10,11)12)3(20-8)4(21-9)7(24-27(16,17)18)6(2)23-26(13,14)15/h2-9H,1H3,(H2,10,11,12)(H2,13,14,15)(H2,16,17,18)/t2?,3-,4+,5?,6-,7?/m1/s1. The summed E-state index contributed by atoms with van der Waals surface area (Å²) in [6.07, 6.45) is -13.0. The summed E-state index contributed by atoms with van der Waals surface area (Å²) in [4.78, 5) is 61.6. The molecule has 162 valence electrons. The summed E-state index contributed by atoms with van der Waals surface area (Å²) in [5.41, 5.74) is 0. The van der Waals surface area contributed by atoms with Crippen molar-refractivity contribution in [2.24, 2.45) is 0 Å². The van der Waals surface area contributed by atoms with E-state index in [0.29, 0.717) is 0 Å². The van der Waals surface area contributed by atoms with Crippen LogP contribution in [0.1, 0.15) is 0 Å². The molecule has 0 bridgehead atoms. The fourth-order valence-corrected chi connectivity index (χ4v) is 4.14. The Balaban J connectivity index is 3.49. The van der Waals surface area contributed by atoms with Gasteiger partial charge in [0.25, 0.3) is 0 Å². The van der Waals surface area contributed by atoms with Gasteiger partial charge in [0.2, 0.25) is 0 Å². The molecule has 0 heterocycles. The molecule has 0 aromatic carbocycles. The van der Waals surface area contributed by atoms with Gasteiger partial charge in [-0.05, 0) is 0 Å². The first-order valence-corrected chi connectivity index (χ1v) is 11.1. The van der Waals surface area contributed by atoms with Crippen molar-refractivity contribution in [3.63, 3.8) is 0 Å². The van der Waals surface area contributed by atoms with Crippen molar-refractivity contribution < 1.29 is 81.7 Å². The number of rotatable bonds is 9. The topological polar surface area (TPSA) is 268 Å². The molecule has 20 heteroatoms. The molecule has 0 spiro atoms.